The molecule has 1 N–H and O–H groups in total. The summed E-state index contributed by atoms with van der Waals surface area (Å²) in [5.74, 6) is -0.795. The van der Waals surface area contributed by atoms with Crippen LogP contribution >= 0.6 is 0 Å². The number of carbonyl (C=O) groups is 2. The zero-order valence-electron chi connectivity index (χ0n) is 18.1. The molecule has 0 radical (unpaired) electrons. The second kappa shape index (κ2) is 10.1. The largest absolute Gasteiger partial charge is 0.452 e. The van der Waals surface area contributed by atoms with Crippen molar-refractivity contribution in [2.45, 2.75) is 39.2 Å². The summed E-state index contributed by atoms with van der Waals surface area (Å²) in [4.78, 5) is 26.0. The van der Waals surface area contributed by atoms with Crippen molar-refractivity contribution < 1.29 is 14.3 Å². The minimum Gasteiger partial charge on any atom is -0.452 e. The molecule has 0 saturated heterocycles. The lowest BCUT2D eigenvalue weighted by molar-refractivity contribution is -0.143. The first kappa shape index (κ1) is 21.7. The number of nitrogens with one attached hydrogen (secondary N) is 1. The second-order valence-corrected chi connectivity index (χ2v) is 7.83. The Morgan fingerprint density at radius 1 is 1.23 bits per heavy atom. The van der Waals surface area contributed by atoms with Crippen LogP contribution in [0, 0.1) is 13.8 Å². The number of hydrogen-bond donors (Lipinski definition) is 1. The highest BCUT2D eigenvalue weighted by molar-refractivity contribution is 5.89. The first-order valence-electron chi connectivity index (χ1n) is 10.5. The Labute approximate surface area is 178 Å². The molecule has 1 fully saturated rings. The van der Waals surface area contributed by atoms with Gasteiger partial charge in [0.1, 0.15) is 0 Å². The Kier molecular flexibility index (Phi) is 7.33. The molecule has 1 heterocycles. The Bertz CT molecular complexity index is 898. The lowest BCUT2D eigenvalue weighted by atomic mass is 10.2. The SMILES string of the molecule is Cc1cc(/C=C/C(=O)OCC(=O)NCCCN(C)c2ccccc2)c(C)n1C1CC1. The predicted molar refractivity (Wildman–Crippen MR) is 120 cm³/mol. The Morgan fingerprint density at radius 2 is 1.97 bits per heavy atom. The van der Waals surface area contributed by atoms with Crippen LogP contribution in [0.15, 0.2) is 42.5 Å². The molecule has 0 atom stereocenters. The van der Waals surface area contributed by atoms with Gasteiger partial charge in [0.2, 0.25) is 0 Å². The number of anilines is 1. The second-order valence-electron chi connectivity index (χ2n) is 7.83. The molecule has 6 nitrogen and oxygen atoms in total. The van der Waals surface area contributed by atoms with Gasteiger partial charge in [-0.2, -0.15) is 0 Å². The fourth-order valence-corrected chi connectivity index (χ4v) is 3.62. The third kappa shape index (κ3) is 5.99. The first-order chi connectivity index (χ1) is 14.5. The molecule has 0 spiro atoms. The molecule has 1 amide bonds. The highest BCUT2D eigenvalue weighted by Crippen LogP contribution is 2.38. The predicted octanol–water partition coefficient (Wildman–Crippen LogP) is 3.64. The number of para-hydroxylation sites is 1. The van der Waals surface area contributed by atoms with Crippen molar-refractivity contribution in [2.24, 2.45) is 0 Å². The van der Waals surface area contributed by atoms with Gasteiger partial charge < -0.3 is 19.5 Å². The fraction of sp³-hybridized carbons (Fsp3) is 0.417. The molecule has 160 valence electrons. The quantitative estimate of drug-likeness (QED) is 0.370. The van der Waals surface area contributed by atoms with Gasteiger partial charge in [-0.1, -0.05) is 18.2 Å². The maximum Gasteiger partial charge on any atom is 0.331 e. The topological polar surface area (TPSA) is 63.6 Å². The number of rotatable bonds is 10. The summed E-state index contributed by atoms with van der Waals surface area (Å²) < 4.78 is 7.38. The summed E-state index contributed by atoms with van der Waals surface area (Å²) in [7, 11) is 2.02. The van der Waals surface area contributed by atoms with Crippen LogP contribution in [0.1, 0.15) is 42.3 Å². The molecule has 1 saturated carbocycles. The highest BCUT2D eigenvalue weighted by Gasteiger charge is 2.26. The van der Waals surface area contributed by atoms with Crippen LogP contribution in [0.25, 0.3) is 6.08 Å². The molecule has 3 rings (SSSR count). The average Bonchev–Trinajstić information content (AvgIpc) is 3.53. The average molecular weight is 410 g/mol. The van der Waals surface area contributed by atoms with Crippen LogP contribution in [-0.2, 0) is 14.3 Å². The van der Waals surface area contributed by atoms with Crippen molar-refractivity contribution in [2.75, 3.05) is 31.6 Å². The highest BCUT2D eigenvalue weighted by atomic mass is 16.5. The van der Waals surface area contributed by atoms with Crippen molar-refractivity contribution in [3.05, 3.63) is 59.4 Å². The maximum atomic E-state index is 11.9. The van der Waals surface area contributed by atoms with Gasteiger partial charge in [0, 0.05) is 49.3 Å². The van der Waals surface area contributed by atoms with Crippen LogP contribution < -0.4 is 10.2 Å². The van der Waals surface area contributed by atoms with Crippen LogP contribution in [0.3, 0.4) is 0 Å². The van der Waals surface area contributed by atoms with Gasteiger partial charge in [-0.05, 0) is 62.9 Å². The first-order valence-corrected chi connectivity index (χ1v) is 10.5. The van der Waals surface area contributed by atoms with Gasteiger partial charge in [0.15, 0.2) is 6.61 Å². The number of benzene rings is 1. The van der Waals surface area contributed by atoms with E-state index in [-0.39, 0.29) is 12.5 Å². The Morgan fingerprint density at radius 3 is 2.67 bits per heavy atom. The molecular weight excluding hydrogens is 378 g/mol. The lowest BCUT2D eigenvalue weighted by Crippen LogP contribution is -2.31. The summed E-state index contributed by atoms with van der Waals surface area (Å²) in [6.45, 7) is 5.25. The van der Waals surface area contributed by atoms with Gasteiger partial charge >= 0.3 is 5.97 Å². The van der Waals surface area contributed by atoms with Crippen molar-refractivity contribution >= 4 is 23.6 Å². The number of nitrogens with zero attached hydrogens (tertiary/aromatic N) is 2. The standard InChI is InChI=1S/C24H31N3O3/c1-18-16-20(19(2)27(18)22-11-12-22)10-13-24(29)30-17-23(28)25-14-7-15-26(3)21-8-5-4-6-9-21/h4-6,8-10,13,16,22H,7,11-12,14-15,17H2,1-3H3,(H,25,28)/b13-10+. The van der Waals surface area contributed by atoms with Crippen LogP contribution in [0.5, 0.6) is 0 Å². The van der Waals surface area contributed by atoms with E-state index in [1.54, 1.807) is 6.08 Å². The van der Waals surface area contributed by atoms with Gasteiger partial charge in [0.25, 0.3) is 5.91 Å². The van der Waals surface area contributed by atoms with E-state index in [4.69, 9.17) is 4.74 Å². The molecule has 0 aliphatic heterocycles. The van der Waals surface area contributed by atoms with Gasteiger partial charge in [0.05, 0.1) is 0 Å². The van der Waals surface area contributed by atoms with Crippen LogP contribution in [0.4, 0.5) is 5.69 Å². The number of hydrogen-bond acceptors (Lipinski definition) is 4. The lowest BCUT2D eigenvalue weighted by Gasteiger charge is -2.19. The molecule has 1 aromatic heterocycles. The molecule has 0 bridgehead atoms. The van der Waals surface area contributed by atoms with E-state index >= 15 is 0 Å². The Balaban J connectivity index is 1.34. The van der Waals surface area contributed by atoms with Crippen LogP contribution in [0.2, 0.25) is 0 Å². The van der Waals surface area contributed by atoms with Crippen molar-refractivity contribution in [1.82, 2.24) is 9.88 Å². The summed E-state index contributed by atoms with van der Waals surface area (Å²) in [5, 5.41) is 2.79. The van der Waals surface area contributed by atoms with E-state index in [9.17, 15) is 9.59 Å². The van der Waals surface area contributed by atoms with E-state index in [0.29, 0.717) is 12.6 Å². The van der Waals surface area contributed by atoms with Crippen molar-refractivity contribution in [3.63, 3.8) is 0 Å². The third-order valence-corrected chi connectivity index (χ3v) is 5.37. The maximum absolute atomic E-state index is 11.9. The van der Waals surface area contributed by atoms with Crippen molar-refractivity contribution in [3.8, 4) is 0 Å². The van der Waals surface area contributed by atoms with E-state index in [0.717, 1.165) is 29.9 Å². The minimum absolute atomic E-state index is 0.265. The molecule has 1 aliphatic carbocycles. The van der Waals surface area contributed by atoms with Crippen LogP contribution in [-0.4, -0.2) is 43.2 Å². The molecule has 2 aromatic rings. The Hall–Kier alpha value is -3.02. The molecule has 1 aliphatic rings. The number of ether oxygens (including phenoxy) is 1. The number of aryl methyl sites for hydroxylation is 1. The number of carbonyl (C=O) groups excluding carboxylic acids is 2. The monoisotopic (exact) mass is 409 g/mol. The molecule has 6 heteroatoms. The van der Waals surface area contributed by atoms with Gasteiger partial charge in [-0.15, -0.1) is 0 Å². The van der Waals surface area contributed by atoms with E-state index in [1.807, 2.05) is 25.2 Å². The summed E-state index contributed by atoms with van der Waals surface area (Å²) in [5.41, 5.74) is 4.53. The molecule has 0 unspecified atom stereocenters. The fourth-order valence-electron chi connectivity index (χ4n) is 3.62. The molecule has 1 aromatic carbocycles. The van der Waals surface area contributed by atoms with E-state index < -0.39 is 5.97 Å². The number of esters is 1. The van der Waals surface area contributed by atoms with Gasteiger partial charge in [-0.25, -0.2) is 4.79 Å². The normalized spacial score (nSPS) is 13.4. The molecule has 30 heavy (non-hydrogen) atoms. The summed E-state index contributed by atoms with van der Waals surface area (Å²) >= 11 is 0. The van der Waals surface area contributed by atoms with E-state index in [1.165, 1.54) is 24.6 Å². The smallest absolute Gasteiger partial charge is 0.331 e. The number of amides is 1. The van der Waals surface area contributed by atoms with Crippen molar-refractivity contribution in [1.29, 1.82) is 0 Å². The molecular formula is C24H31N3O3. The third-order valence-electron chi connectivity index (χ3n) is 5.37. The van der Waals surface area contributed by atoms with Gasteiger partial charge in [-0.3, -0.25) is 4.79 Å². The van der Waals surface area contributed by atoms with E-state index in [2.05, 4.69) is 46.8 Å². The zero-order chi connectivity index (χ0) is 21.5. The summed E-state index contributed by atoms with van der Waals surface area (Å²) in [6.07, 6.45) is 6.40. The summed E-state index contributed by atoms with van der Waals surface area (Å²) in [6, 6.07) is 12.8. The zero-order valence-corrected chi connectivity index (χ0v) is 18.1. The number of aromatic nitrogens is 1. The minimum atomic E-state index is -0.509.